The zero-order valence-electron chi connectivity index (χ0n) is 14.6. The summed E-state index contributed by atoms with van der Waals surface area (Å²) in [6.45, 7) is 0. The molecule has 3 N–H and O–H groups in total. The van der Waals surface area contributed by atoms with Crippen LogP contribution in [-0.2, 0) is 5.41 Å². The number of rotatable bonds is 4. The summed E-state index contributed by atoms with van der Waals surface area (Å²) in [6, 6.07) is 29.2. The van der Waals surface area contributed by atoms with Gasteiger partial charge in [-0.05, 0) is 47.9 Å². The summed E-state index contributed by atoms with van der Waals surface area (Å²) >= 11 is 0. The predicted molar refractivity (Wildman–Crippen MR) is 110 cm³/mol. The number of benzene rings is 3. The van der Waals surface area contributed by atoms with Crippen molar-refractivity contribution < 1.29 is 0 Å². The standard InChI is InChI=1S/C24H22N2/c25-21-13-11-20(12-14-21)24(19-7-3-1-4-8-19)17-15-23(16-18-24)26-22-9-5-2-6-10-22/h1-17,26H,18,25H2. The summed E-state index contributed by atoms with van der Waals surface area (Å²) in [5, 5.41) is 3.48. The summed E-state index contributed by atoms with van der Waals surface area (Å²) in [6.07, 6.45) is 7.65. The molecule has 1 aliphatic carbocycles. The SMILES string of the molecule is Nc1ccc(C2(c3ccccc3)C=CC(Nc3ccccc3)=CC2)cc1. The highest BCUT2D eigenvalue weighted by Crippen LogP contribution is 2.40. The first-order valence-corrected chi connectivity index (χ1v) is 8.89. The number of nitrogens with one attached hydrogen (secondary N) is 1. The van der Waals surface area contributed by atoms with E-state index in [-0.39, 0.29) is 5.41 Å². The Morgan fingerprint density at radius 2 is 1.35 bits per heavy atom. The first-order chi connectivity index (χ1) is 12.8. The molecule has 3 aromatic rings. The van der Waals surface area contributed by atoms with Crippen LogP contribution in [0.25, 0.3) is 0 Å². The Morgan fingerprint density at radius 1 is 0.731 bits per heavy atom. The van der Waals surface area contributed by atoms with Crippen LogP contribution in [0.15, 0.2) is 109 Å². The molecule has 1 atom stereocenters. The summed E-state index contributed by atoms with van der Waals surface area (Å²) in [7, 11) is 0. The Bertz CT molecular complexity index is 925. The van der Waals surface area contributed by atoms with E-state index < -0.39 is 0 Å². The third-order valence-electron chi connectivity index (χ3n) is 4.97. The van der Waals surface area contributed by atoms with E-state index in [1.54, 1.807) is 0 Å². The molecule has 0 aromatic heterocycles. The Hall–Kier alpha value is -3.26. The van der Waals surface area contributed by atoms with Gasteiger partial charge >= 0.3 is 0 Å². The van der Waals surface area contributed by atoms with Gasteiger partial charge in [-0.15, -0.1) is 0 Å². The number of anilines is 2. The summed E-state index contributed by atoms with van der Waals surface area (Å²) < 4.78 is 0. The van der Waals surface area contributed by atoms with Crippen LogP contribution in [0.5, 0.6) is 0 Å². The van der Waals surface area contributed by atoms with Gasteiger partial charge in [0.05, 0.1) is 0 Å². The van der Waals surface area contributed by atoms with Crippen molar-refractivity contribution in [3.8, 4) is 0 Å². The number of allylic oxidation sites excluding steroid dienone is 3. The Balaban J connectivity index is 1.69. The quantitative estimate of drug-likeness (QED) is 0.616. The van der Waals surface area contributed by atoms with E-state index in [9.17, 15) is 0 Å². The van der Waals surface area contributed by atoms with Crippen molar-refractivity contribution in [2.75, 3.05) is 11.1 Å². The van der Waals surface area contributed by atoms with Gasteiger partial charge in [-0.2, -0.15) is 0 Å². The number of nitrogen functional groups attached to an aromatic ring is 1. The largest absolute Gasteiger partial charge is 0.399 e. The minimum Gasteiger partial charge on any atom is -0.399 e. The smallest absolute Gasteiger partial charge is 0.0420 e. The van der Waals surface area contributed by atoms with Crippen LogP contribution in [-0.4, -0.2) is 0 Å². The van der Waals surface area contributed by atoms with Crippen molar-refractivity contribution in [3.63, 3.8) is 0 Å². The molecule has 3 aromatic carbocycles. The summed E-state index contributed by atoms with van der Waals surface area (Å²) in [5.74, 6) is 0. The first-order valence-electron chi connectivity index (χ1n) is 8.89. The zero-order chi connectivity index (χ0) is 17.8. The van der Waals surface area contributed by atoms with Gasteiger partial charge < -0.3 is 11.1 Å². The molecule has 1 unspecified atom stereocenters. The molecule has 0 spiro atoms. The molecule has 2 nitrogen and oxygen atoms in total. The van der Waals surface area contributed by atoms with E-state index in [0.29, 0.717) is 0 Å². The maximum Gasteiger partial charge on any atom is 0.0420 e. The van der Waals surface area contributed by atoms with Crippen molar-refractivity contribution >= 4 is 11.4 Å². The molecule has 0 radical (unpaired) electrons. The second-order valence-electron chi connectivity index (χ2n) is 6.65. The van der Waals surface area contributed by atoms with Gasteiger partial charge in [0.1, 0.15) is 0 Å². The van der Waals surface area contributed by atoms with Crippen molar-refractivity contribution in [1.82, 2.24) is 0 Å². The van der Waals surface area contributed by atoms with Gasteiger partial charge in [-0.1, -0.05) is 72.8 Å². The zero-order valence-corrected chi connectivity index (χ0v) is 14.6. The summed E-state index contributed by atoms with van der Waals surface area (Å²) in [4.78, 5) is 0. The Labute approximate surface area is 154 Å². The first kappa shape index (κ1) is 16.2. The van der Waals surface area contributed by atoms with Crippen LogP contribution in [0.4, 0.5) is 11.4 Å². The average Bonchev–Trinajstić information content (AvgIpc) is 2.71. The minimum absolute atomic E-state index is 0.170. The lowest BCUT2D eigenvalue weighted by Gasteiger charge is -2.34. The lowest BCUT2D eigenvalue weighted by Crippen LogP contribution is -2.27. The molecule has 4 rings (SSSR count). The van der Waals surface area contributed by atoms with Crippen molar-refractivity contribution in [3.05, 3.63) is 120 Å². The summed E-state index contributed by atoms with van der Waals surface area (Å²) in [5.41, 5.74) is 11.3. The molecular formula is C24H22N2. The van der Waals surface area contributed by atoms with Crippen LogP contribution in [0, 0.1) is 0 Å². The van der Waals surface area contributed by atoms with Crippen LogP contribution in [0.2, 0.25) is 0 Å². The molecule has 0 heterocycles. The molecule has 26 heavy (non-hydrogen) atoms. The molecule has 0 saturated carbocycles. The minimum atomic E-state index is -0.170. The lowest BCUT2D eigenvalue weighted by atomic mass is 9.70. The van der Waals surface area contributed by atoms with E-state index in [0.717, 1.165) is 23.5 Å². The monoisotopic (exact) mass is 338 g/mol. The van der Waals surface area contributed by atoms with E-state index in [4.69, 9.17) is 5.73 Å². The molecule has 0 aliphatic heterocycles. The van der Waals surface area contributed by atoms with Crippen LogP contribution in [0.1, 0.15) is 17.5 Å². The normalized spacial score (nSPS) is 19.0. The van der Waals surface area contributed by atoms with Gasteiger partial charge in [0.25, 0.3) is 0 Å². The second kappa shape index (κ2) is 6.93. The van der Waals surface area contributed by atoms with Gasteiger partial charge in [0.15, 0.2) is 0 Å². The molecule has 0 amide bonds. The number of para-hydroxylation sites is 1. The van der Waals surface area contributed by atoms with Gasteiger partial charge in [-0.3, -0.25) is 0 Å². The highest BCUT2D eigenvalue weighted by Gasteiger charge is 2.32. The third-order valence-corrected chi connectivity index (χ3v) is 4.97. The number of hydrogen-bond donors (Lipinski definition) is 2. The maximum absolute atomic E-state index is 5.91. The second-order valence-corrected chi connectivity index (χ2v) is 6.65. The number of nitrogens with two attached hydrogens (primary N) is 1. The van der Waals surface area contributed by atoms with Gasteiger partial charge in [0, 0.05) is 22.5 Å². The van der Waals surface area contributed by atoms with Crippen molar-refractivity contribution in [1.29, 1.82) is 0 Å². The fourth-order valence-corrected chi connectivity index (χ4v) is 3.53. The highest BCUT2D eigenvalue weighted by atomic mass is 14.9. The van der Waals surface area contributed by atoms with Crippen LogP contribution >= 0.6 is 0 Å². The Morgan fingerprint density at radius 3 is 1.96 bits per heavy atom. The van der Waals surface area contributed by atoms with Crippen LogP contribution < -0.4 is 11.1 Å². The molecular weight excluding hydrogens is 316 g/mol. The van der Waals surface area contributed by atoms with Crippen molar-refractivity contribution in [2.24, 2.45) is 0 Å². The highest BCUT2D eigenvalue weighted by molar-refractivity contribution is 5.56. The van der Waals surface area contributed by atoms with Crippen molar-refractivity contribution in [2.45, 2.75) is 11.8 Å². The fraction of sp³-hybridized carbons (Fsp3) is 0.0833. The third kappa shape index (κ3) is 3.14. The van der Waals surface area contributed by atoms with Crippen LogP contribution in [0.3, 0.4) is 0 Å². The van der Waals surface area contributed by atoms with E-state index in [2.05, 4.69) is 78.1 Å². The van der Waals surface area contributed by atoms with Gasteiger partial charge in [-0.25, -0.2) is 0 Å². The van der Waals surface area contributed by atoms with E-state index >= 15 is 0 Å². The molecule has 0 fully saturated rings. The molecule has 128 valence electrons. The number of hydrogen-bond acceptors (Lipinski definition) is 2. The maximum atomic E-state index is 5.91. The van der Waals surface area contributed by atoms with Gasteiger partial charge in [0.2, 0.25) is 0 Å². The topological polar surface area (TPSA) is 38.0 Å². The fourth-order valence-electron chi connectivity index (χ4n) is 3.53. The average molecular weight is 338 g/mol. The van der Waals surface area contributed by atoms with E-state index in [1.165, 1.54) is 11.1 Å². The predicted octanol–water partition coefficient (Wildman–Crippen LogP) is 5.51. The molecule has 0 bridgehead atoms. The Kier molecular flexibility index (Phi) is 4.32. The molecule has 1 aliphatic rings. The molecule has 2 heteroatoms. The van der Waals surface area contributed by atoms with E-state index in [1.807, 2.05) is 30.3 Å². The lowest BCUT2D eigenvalue weighted by molar-refractivity contribution is 0.644. The molecule has 0 saturated heterocycles.